The Morgan fingerprint density at radius 1 is 1.21 bits per heavy atom. The van der Waals surface area contributed by atoms with Gasteiger partial charge in [0.1, 0.15) is 5.75 Å². The summed E-state index contributed by atoms with van der Waals surface area (Å²) in [4.78, 5) is 33.8. The van der Waals surface area contributed by atoms with Crippen LogP contribution in [0.25, 0.3) is 0 Å². The number of aromatic hydroxyl groups is 1. The van der Waals surface area contributed by atoms with Crippen molar-refractivity contribution in [2.75, 3.05) is 5.32 Å². The Bertz CT molecular complexity index is 946. The molecule has 2 aromatic carbocycles. The summed E-state index contributed by atoms with van der Waals surface area (Å²) in [5, 5.41) is 27.2. The predicted octanol–water partition coefficient (Wildman–Crippen LogP) is 3.13. The number of benzene rings is 2. The van der Waals surface area contributed by atoms with Crippen molar-refractivity contribution in [3.63, 3.8) is 0 Å². The lowest BCUT2D eigenvalue weighted by atomic mass is 10.2. The molecule has 0 radical (unpaired) electrons. The van der Waals surface area contributed by atoms with Crippen molar-refractivity contribution >= 4 is 41.0 Å². The van der Waals surface area contributed by atoms with Crippen LogP contribution in [0.4, 0.5) is 11.4 Å². The van der Waals surface area contributed by atoms with Crippen LogP contribution < -0.4 is 10.7 Å². The number of non-ortho nitro benzene ring substituents is 1. The summed E-state index contributed by atoms with van der Waals surface area (Å²) >= 11 is 5.89. The first kappa shape index (κ1) is 20.8. The Morgan fingerprint density at radius 3 is 2.64 bits per heavy atom. The van der Waals surface area contributed by atoms with E-state index in [0.717, 1.165) is 30.0 Å². The number of phenols is 1. The van der Waals surface area contributed by atoms with Gasteiger partial charge >= 0.3 is 0 Å². The van der Waals surface area contributed by atoms with Gasteiger partial charge < -0.3 is 10.4 Å². The van der Waals surface area contributed by atoms with E-state index >= 15 is 0 Å². The van der Waals surface area contributed by atoms with Gasteiger partial charge in [-0.15, -0.1) is 0 Å². The molecule has 0 heterocycles. The van der Waals surface area contributed by atoms with Gasteiger partial charge in [0.05, 0.1) is 11.1 Å². The molecular weight excluding hydrogens is 388 g/mol. The Kier molecular flexibility index (Phi) is 7.05. The van der Waals surface area contributed by atoms with Crippen molar-refractivity contribution in [3.8, 4) is 5.75 Å². The Hall–Kier alpha value is -3.46. The number of nitro groups is 1. The Morgan fingerprint density at radius 2 is 1.93 bits per heavy atom. The smallest absolute Gasteiger partial charge is 0.270 e. The second-order valence-electron chi connectivity index (χ2n) is 5.80. The van der Waals surface area contributed by atoms with E-state index in [1.54, 1.807) is 18.2 Å². The maximum Gasteiger partial charge on any atom is 0.270 e. The Labute approximate surface area is 165 Å². The van der Waals surface area contributed by atoms with Gasteiger partial charge in [0, 0.05) is 41.2 Å². The number of nitrogens with one attached hydrogen (secondary N) is 2. The zero-order valence-corrected chi connectivity index (χ0v) is 15.6. The van der Waals surface area contributed by atoms with E-state index in [1.807, 2.05) is 6.92 Å². The van der Waals surface area contributed by atoms with Crippen LogP contribution in [0, 0.1) is 17.0 Å². The van der Waals surface area contributed by atoms with Gasteiger partial charge in [-0.1, -0.05) is 17.7 Å². The minimum Gasteiger partial charge on any atom is -0.507 e. The van der Waals surface area contributed by atoms with E-state index in [1.165, 1.54) is 0 Å². The van der Waals surface area contributed by atoms with Crippen LogP contribution in [0.2, 0.25) is 5.02 Å². The molecule has 0 atom stereocenters. The zero-order chi connectivity index (χ0) is 20.7. The third kappa shape index (κ3) is 6.06. The summed E-state index contributed by atoms with van der Waals surface area (Å²) < 4.78 is 0. The lowest BCUT2D eigenvalue weighted by Gasteiger charge is -2.08. The number of rotatable bonds is 7. The van der Waals surface area contributed by atoms with Crippen LogP contribution in [-0.2, 0) is 9.59 Å². The standard InChI is InChI=1S/C18H17ClN4O5/c1-11-2-3-13(19)9-15(11)21-17(25)6-7-18(26)22-20-10-12-8-14(23(27)28)4-5-16(12)24/h2-5,8-10,24H,6-7H2,1H3,(H,21,25)(H,22,26)/b20-10+. The van der Waals surface area contributed by atoms with Crippen molar-refractivity contribution in [2.24, 2.45) is 5.10 Å². The maximum atomic E-state index is 12.0. The first-order chi connectivity index (χ1) is 13.3. The first-order valence-electron chi connectivity index (χ1n) is 8.11. The molecule has 2 amide bonds. The second kappa shape index (κ2) is 9.47. The third-order valence-electron chi connectivity index (χ3n) is 3.67. The number of phenolic OH excluding ortho intramolecular Hbond substituents is 1. The molecule has 2 rings (SSSR count). The largest absolute Gasteiger partial charge is 0.507 e. The third-order valence-corrected chi connectivity index (χ3v) is 3.90. The van der Waals surface area contributed by atoms with Gasteiger partial charge in [0.25, 0.3) is 5.69 Å². The molecule has 0 spiro atoms. The molecule has 0 saturated carbocycles. The van der Waals surface area contributed by atoms with Crippen molar-refractivity contribution in [2.45, 2.75) is 19.8 Å². The van der Waals surface area contributed by atoms with Gasteiger partial charge in [-0.2, -0.15) is 5.10 Å². The summed E-state index contributed by atoms with van der Waals surface area (Å²) in [6.45, 7) is 1.82. The summed E-state index contributed by atoms with van der Waals surface area (Å²) in [5.41, 5.74) is 3.45. The number of hydrogen-bond donors (Lipinski definition) is 3. The number of hydrogen-bond acceptors (Lipinski definition) is 6. The molecule has 0 bridgehead atoms. The lowest BCUT2D eigenvalue weighted by Crippen LogP contribution is -2.20. The average molecular weight is 405 g/mol. The molecule has 10 heteroatoms. The van der Waals surface area contributed by atoms with E-state index in [4.69, 9.17) is 11.6 Å². The molecular formula is C18H17ClN4O5. The number of amides is 2. The highest BCUT2D eigenvalue weighted by molar-refractivity contribution is 6.31. The van der Waals surface area contributed by atoms with Gasteiger partial charge in [-0.05, 0) is 30.7 Å². The number of carbonyl (C=O) groups is 2. The molecule has 0 aromatic heterocycles. The molecule has 28 heavy (non-hydrogen) atoms. The van der Waals surface area contributed by atoms with Crippen molar-refractivity contribution < 1.29 is 19.6 Å². The number of anilines is 1. The van der Waals surface area contributed by atoms with Crippen LogP contribution >= 0.6 is 11.6 Å². The molecule has 0 aliphatic carbocycles. The molecule has 0 aliphatic rings. The fourth-order valence-corrected chi connectivity index (χ4v) is 2.33. The molecule has 0 aliphatic heterocycles. The Balaban J connectivity index is 1.85. The number of aryl methyl sites for hydroxylation is 1. The fraction of sp³-hybridized carbons (Fsp3) is 0.167. The van der Waals surface area contributed by atoms with Crippen molar-refractivity contribution in [3.05, 3.63) is 62.7 Å². The SMILES string of the molecule is Cc1ccc(Cl)cc1NC(=O)CCC(=O)N/N=C/c1cc([N+](=O)[O-])ccc1O. The number of nitrogens with zero attached hydrogens (tertiary/aromatic N) is 2. The number of hydrazone groups is 1. The highest BCUT2D eigenvalue weighted by Crippen LogP contribution is 2.21. The molecule has 3 N–H and O–H groups in total. The summed E-state index contributed by atoms with van der Waals surface area (Å²) in [6, 6.07) is 8.51. The van der Waals surface area contributed by atoms with Gasteiger partial charge in [0.2, 0.25) is 11.8 Å². The predicted molar refractivity (Wildman–Crippen MR) is 105 cm³/mol. The maximum absolute atomic E-state index is 12.0. The first-order valence-corrected chi connectivity index (χ1v) is 8.49. The van der Waals surface area contributed by atoms with E-state index in [9.17, 15) is 24.8 Å². The minimum absolute atomic E-state index is 0.0728. The lowest BCUT2D eigenvalue weighted by molar-refractivity contribution is -0.384. The normalized spacial score (nSPS) is 10.6. The zero-order valence-electron chi connectivity index (χ0n) is 14.8. The minimum atomic E-state index is -0.615. The second-order valence-corrected chi connectivity index (χ2v) is 6.24. The molecule has 2 aromatic rings. The van der Waals surface area contributed by atoms with Crippen LogP contribution in [0.15, 0.2) is 41.5 Å². The van der Waals surface area contributed by atoms with Crippen molar-refractivity contribution in [1.29, 1.82) is 0 Å². The number of halogens is 1. The topological polar surface area (TPSA) is 134 Å². The van der Waals surface area contributed by atoms with Crippen LogP contribution in [-0.4, -0.2) is 28.1 Å². The van der Waals surface area contributed by atoms with Crippen LogP contribution in [0.5, 0.6) is 5.75 Å². The van der Waals surface area contributed by atoms with Gasteiger partial charge in [0.15, 0.2) is 0 Å². The molecule has 0 fully saturated rings. The van der Waals surface area contributed by atoms with Gasteiger partial charge in [-0.3, -0.25) is 19.7 Å². The average Bonchev–Trinajstić information content (AvgIpc) is 2.64. The van der Waals surface area contributed by atoms with E-state index in [-0.39, 0.29) is 35.7 Å². The van der Waals surface area contributed by atoms with Gasteiger partial charge in [-0.25, -0.2) is 5.43 Å². The van der Waals surface area contributed by atoms with E-state index in [2.05, 4.69) is 15.8 Å². The number of carbonyl (C=O) groups excluding carboxylic acids is 2. The van der Waals surface area contributed by atoms with Crippen LogP contribution in [0.3, 0.4) is 0 Å². The fourth-order valence-electron chi connectivity index (χ4n) is 2.16. The quantitative estimate of drug-likeness (QED) is 0.370. The van der Waals surface area contributed by atoms with Crippen molar-refractivity contribution in [1.82, 2.24) is 5.43 Å². The molecule has 0 unspecified atom stereocenters. The van der Waals surface area contributed by atoms with E-state index in [0.29, 0.717) is 10.7 Å². The number of nitro benzene ring substituents is 1. The molecule has 0 saturated heterocycles. The summed E-state index contributed by atoms with van der Waals surface area (Å²) in [6.07, 6.45) is 0.884. The molecule has 9 nitrogen and oxygen atoms in total. The molecule has 146 valence electrons. The summed E-state index contributed by atoms with van der Waals surface area (Å²) in [7, 11) is 0. The monoisotopic (exact) mass is 404 g/mol. The summed E-state index contributed by atoms with van der Waals surface area (Å²) in [5.74, 6) is -1.11. The van der Waals surface area contributed by atoms with Crippen LogP contribution in [0.1, 0.15) is 24.0 Å². The highest BCUT2D eigenvalue weighted by Gasteiger charge is 2.10. The van der Waals surface area contributed by atoms with E-state index < -0.39 is 10.8 Å². The highest BCUT2D eigenvalue weighted by atomic mass is 35.5.